The highest BCUT2D eigenvalue weighted by Gasteiger charge is 2.19. The Morgan fingerprint density at radius 3 is 2.56 bits per heavy atom. The van der Waals surface area contributed by atoms with Crippen molar-refractivity contribution in [2.24, 2.45) is 0 Å². The molecule has 0 bridgehead atoms. The summed E-state index contributed by atoms with van der Waals surface area (Å²) in [5.41, 5.74) is 2.73. The van der Waals surface area contributed by atoms with Gasteiger partial charge < -0.3 is 19.4 Å². The summed E-state index contributed by atoms with van der Waals surface area (Å²) in [5.74, 6) is 0.861. The third-order valence-electron chi connectivity index (χ3n) is 5.10. The second-order valence-corrected chi connectivity index (χ2v) is 7.32. The summed E-state index contributed by atoms with van der Waals surface area (Å²) in [7, 11) is 3.22. The topological polar surface area (TPSA) is 84.7 Å². The molecule has 0 fully saturated rings. The first-order valence-corrected chi connectivity index (χ1v) is 10.1. The van der Waals surface area contributed by atoms with Gasteiger partial charge >= 0.3 is 0 Å². The third kappa shape index (κ3) is 4.62. The lowest BCUT2D eigenvalue weighted by molar-refractivity contribution is -0.121. The van der Waals surface area contributed by atoms with Crippen molar-refractivity contribution < 1.29 is 18.7 Å². The van der Waals surface area contributed by atoms with Crippen LogP contribution in [0.1, 0.15) is 16.1 Å². The minimum atomic E-state index is -0.272. The van der Waals surface area contributed by atoms with Crippen LogP contribution in [-0.2, 0) is 11.3 Å². The van der Waals surface area contributed by atoms with Gasteiger partial charge in [0.2, 0.25) is 5.91 Å². The molecule has 7 nitrogen and oxygen atoms in total. The Hall–Kier alpha value is -4.13. The van der Waals surface area contributed by atoms with Crippen LogP contribution in [0, 0.1) is 0 Å². The van der Waals surface area contributed by atoms with E-state index < -0.39 is 0 Å². The van der Waals surface area contributed by atoms with Gasteiger partial charge in [0.1, 0.15) is 11.5 Å². The molecule has 0 unspecified atom stereocenters. The van der Waals surface area contributed by atoms with Gasteiger partial charge in [-0.05, 0) is 48.5 Å². The fraction of sp³-hybridized carbons (Fsp3) is 0.160. The van der Waals surface area contributed by atoms with Gasteiger partial charge in [-0.2, -0.15) is 0 Å². The maximum absolute atomic E-state index is 13.3. The van der Waals surface area contributed by atoms with Crippen LogP contribution in [0.4, 0.5) is 0 Å². The van der Waals surface area contributed by atoms with Gasteiger partial charge in [0, 0.05) is 18.0 Å². The van der Waals surface area contributed by atoms with Crippen LogP contribution in [0.5, 0.6) is 5.75 Å². The number of rotatable bonds is 7. The van der Waals surface area contributed by atoms with Crippen LogP contribution in [0.3, 0.4) is 0 Å². The first-order valence-electron chi connectivity index (χ1n) is 10.1. The Labute approximate surface area is 185 Å². The van der Waals surface area contributed by atoms with E-state index in [-0.39, 0.29) is 24.9 Å². The zero-order chi connectivity index (χ0) is 22.5. The molecule has 2 aromatic heterocycles. The van der Waals surface area contributed by atoms with Crippen LogP contribution in [0.15, 0.2) is 77.4 Å². The highest BCUT2D eigenvalue weighted by Crippen LogP contribution is 2.27. The predicted molar refractivity (Wildman–Crippen MR) is 121 cm³/mol. The zero-order valence-corrected chi connectivity index (χ0v) is 17.9. The predicted octanol–water partition coefficient (Wildman–Crippen LogP) is 3.89. The van der Waals surface area contributed by atoms with E-state index in [0.29, 0.717) is 22.5 Å². The Balaban J connectivity index is 1.58. The molecule has 0 saturated carbocycles. The molecule has 0 saturated heterocycles. The number of hydrogen-bond donors (Lipinski definition) is 1. The second kappa shape index (κ2) is 9.34. The average molecular weight is 429 g/mol. The SMILES string of the molecule is COc1ccc(-c2cc(C(=O)N(C)CC(=O)NCc3ccco3)c3ccccc3n2)cc1. The van der Waals surface area contributed by atoms with Crippen LogP contribution in [-0.4, -0.2) is 42.4 Å². The summed E-state index contributed by atoms with van der Waals surface area (Å²) >= 11 is 0. The number of nitrogens with zero attached hydrogens (tertiary/aromatic N) is 2. The lowest BCUT2D eigenvalue weighted by Gasteiger charge is -2.18. The van der Waals surface area contributed by atoms with E-state index in [4.69, 9.17) is 14.1 Å². The number of hydrogen-bond acceptors (Lipinski definition) is 5. The molecule has 2 aromatic carbocycles. The fourth-order valence-corrected chi connectivity index (χ4v) is 3.41. The quantitative estimate of drug-likeness (QED) is 0.482. The van der Waals surface area contributed by atoms with E-state index in [1.165, 1.54) is 4.90 Å². The standard InChI is InChI=1S/C25H23N3O4/c1-28(16-24(29)26-15-19-6-5-13-32-19)25(30)21-14-23(17-9-11-18(31-2)12-10-17)27-22-8-4-3-7-20(21)22/h3-14H,15-16H2,1-2H3,(H,26,29). The molecule has 1 N–H and O–H groups in total. The first kappa shape index (κ1) is 21.1. The molecular weight excluding hydrogens is 406 g/mol. The van der Waals surface area contributed by atoms with Crippen molar-refractivity contribution in [3.63, 3.8) is 0 Å². The molecule has 0 atom stereocenters. The summed E-state index contributed by atoms with van der Waals surface area (Å²) in [6.45, 7) is 0.196. The lowest BCUT2D eigenvalue weighted by Crippen LogP contribution is -2.38. The molecule has 0 aliphatic heterocycles. The number of para-hydroxylation sites is 1. The number of likely N-dealkylation sites (N-methyl/N-ethyl adjacent to an activating group) is 1. The Morgan fingerprint density at radius 1 is 1.06 bits per heavy atom. The maximum Gasteiger partial charge on any atom is 0.254 e. The van der Waals surface area contributed by atoms with Crippen molar-refractivity contribution >= 4 is 22.7 Å². The van der Waals surface area contributed by atoms with E-state index in [1.807, 2.05) is 48.5 Å². The van der Waals surface area contributed by atoms with Gasteiger partial charge in [-0.25, -0.2) is 4.98 Å². The van der Waals surface area contributed by atoms with Crippen molar-refractivity contribution in [3.8, 4) is 17.0 Å². The van der Waals surface area contributed by atoms with Crippen molar-refractivity contribution in [1.29, 1.82) is 0 Å². The van der Waals surface area contributed by atoms with E-state index in [2.05, 4.69) is 5.32 Å². The third-order valence-corrected chi connectivity index (χ3v) is 5.10. The highest BCUT2D eigenvalue weighted by molar-refractivity contribution is 6.07. The largest absolute Gasteiger partial charge is 0.497 e. The van der Waals surface area contributed by atoms with Gasteiger partial charge in [0.25, 0.3) is 5.91 Å². The van der Waals surface area contributed by atoms with Gasteiger partial charge in [0.05, 0.1) is 43.2 Å². The van der Waals surface area contributed by atoms with Crippen molar-refractivity contribution in [2.75, 3.05) is 20.7 Å². The monoisotopic (exact) mass is 429 g/mol. The zero-order valence-electron chi connectivity index (χ0n) is 17.9. The molecule has 2 amide bonds. The van der Waals surface area contributed by atoms with Crippen LogP contribution < -0.4 is 10.1 Å². The maximum atomic E-state index is 13.3. The number of ether oxygens (including phenoxy) is 1. The number of fused-ring (bicyclic) bond motifs is 1. The normalized spacial score (nSPS) is 10.7. The van der Waals surface area contributed by atoms with Crippen LogP contribution in [0.2, 0.25) is 0 Å². The number of carbonyl (C=O) groups is 2. The van der Waals surface area contributed by atoms with Gasteiger partial charge in [-0.3, -0.25) is 9.59 Å². The van der Waals surface area contributed by atoms with Gasteiger partial charge in [-0.1, -0.05) is 18.2 Å². The van der Waals surface area contributed by atoms with Crippen LogP contribution in [0.25, 0.3) is 22.2 Å². The molecule has 7 heteroatoms. The van der Waals surface area contributed by atoms with Gasteiger partial charge in [0.15, 0.2) is 0 Å². The van der Waals surface area contributed by atoms with E-state index >= 15 is 0 Å². The van der Waals surface area contributed by atoms with E-state index in [0.717, 1.165) is 16.7 Å². The number of benzene rings is 2. The summed E-state index contributed by atoms with van der Waals surface area (Å²) < 4.78 is 10.4. The molecule has 0 radical (unpaired) electrons. The molecular formula is C25H23N3O4. The summed E-state index contributed by atoms with van der Waals surface area (Å²) in [5, 5.41) is 3.49. The molecule has 32 heavy (non-hydrogen) atoms. The minimum Gasteiger partial charge on any atom is -0.497 e. The smallest absolute Gasteiger partial charge is 0.254 e. The molecule has 4 rings (SSSR count). The van der Waals surface area contributed by atoms with E-state index in [9.17, 15) is 9.59 Å². The summed E-state index contributed by atoms with van der Waals surface area (Å²) in [4.78, 5) is 31.7. The van der Waals surface area contributed by atoms with Crippen molar-refractivity contribution in [1.82, 2.24) is 15.2 Å². The fourth-order valence-electron chi connectivity index (χ4n) is 3.41. The summed E-state index contributed by atoms with van der Waals surface area (Å²) in [6.07, 6.45) is 1.55. The number of pyridine rings is 1. The number of nitrogens with one attached hydrogen (secondary N) is 1. The Kier molecular flexibility index (Phi) is 6.17. The molecule has 0 aliphatic carbocycles. The summed E-state index contributed by atoms with van der Waals surface area (Å²) in [6, 6.07) is 20.3. The molecule has 0 spiro atoms. The second-order valence-electron chi connectivity index (χ2n) is 7.32. The number of furan rings is 1. The van der Waals surface area contributed by atoms with Crippen molar-refractivity contribution in [2.45, 2.75) is 6.54 Å². The minimum absolute atomic E-state index is 0.0753. The molecule has 0 aliphatic rings. The molecule has 162 valence electrons. The average Bonchev–Trinajstić information content (AvgIpc) is 3.35. The highest BCUT2D eigenvalue weighted by atomic mass is 16.5. The van der Waals surface area contributed by atoms with Gasteiger partial charge in [-0.15, -0.1) is 0 Å². The van der Waals surface area contributed by atoms with E-state index in [1.54, 1.807) is 38.6 Å². The number of aromatic nitrogens is 1. The molecule has 2 heterocycles. The Morgan fingerprint density at radius 2 is 1.84 bits per heavy atom. The first-order chi connectivity index (χ1) is 15.5. The number of carbonyl (C=O) groups excluding carboxylic acids is 2. The number of amides is 2. The number of methoxy groups -OCH3 is 1. The molecule has 4 aromatic rings. The lowest BCUT2D eigenvalue weighted by atomic mass is 10.0. The Bertz CT molecular complexity index is 1230. The van der Waals surface area contributed by atoms with Crippen LogP contribution >= 0.6 is 0 Å². The van der Waals surface area contributed by atoms with Crippen molar-refractivity contribution in [3.05, 3.63) is 84.3 Å².